The predicted molar refractivity (Wildman–Crippen MR) is 126 cm³/mol. The summed E-state index contributed by atoms with van der Waals surface area (Å²) in [4.78, 5) is 11.2. The molecule has 0 aromatic heterocycles. The van der Waals surface area contributed by atoms with Gasteiger partial charge >= 0.3 is 6.16 Å². The zero-order valence-electron chi connectivity index (χ0n) is 21.4. The van der Waals surface area contributed by atoms with Crippen molar-refractivity contribution in [2.45, 2.75) is 104 Å². The van der Waals surface area contributed by atoms with Gasteiger partial charge < -0.3 is 19.7 Å². The zero-order chi connectivity index (χ0) is 23.8. The second-order valence-corrected chi connectivity index (χ2v) is 13.2. The van der Waals surface area contributed by atoms with E-state index in [1.54, 1.807) is 0 Å². The molecule has 2 spiro atoms. The number of methoxy groups -OCH3 is 1. The van der Waals surface area contributed by atoms with Crippen molar-refractivity contribution >= 4 is 6.16 Å². The summed E-state index contributed by atoms with van der Waals surface area (Å²) in [6, 6.07) is 0. The van der Waals surface area contributed by atoms with Crippen molar-refractivity contribution in [1.82, 2.24) is 0 Å². The minimum atomic E-state index is -0.609. The first-order valence-corrected chi connectivity index (χ1v) is 13.6. The second-order valence-electron chi connectivity index (χ2n) is 13.2. The molecular formula is C28H46O5. The lowest BCUT2D eigenvalue weighted by Gasteiger charge is -2.59. The number of hydrogen-bond donors (Lipinski definition) is 2. The van der Waals surface area contributed by atoms with Crippen LogP contribution in [0.15, 0.2) is 0 Å². The number of rotatable bonds is 5. The number of aliphatic hydroxyl groups excluding tert-OH is 2. The molecule has 10 atom stereocenters. The highest BCUT2D eigenvalue weighted by molar-refractivity contribution is 5.59. The highest BCUT2D eigenvalue weighted by atomic mass is 16.7. The van der Waals surface area contributed by atoms with Crippen LogP contribution in [0.2, 0.25) is 0 Å². The van der Waals surface area contributed by atoms with E-state index in [9.17, 15) is 15.0 Å². The molecule has 2 N–H and O–H groups in total. The Balaban J connectivity index is 1.31. The van der Waals surface area contributed by atoms with E-state index in [-0.39, 0.29) is 23.0 Å². The Labute approximate surface area is 200 Å². The lowest BCUT2D eigenvalue weighted by atomic mass is 9.46. The van der Waals surface area contributed by atoms with Crippen LogP contribution in [0.5, 0.6) is 0 Å². The highest BCUT2D eigenvalue weighted by Crippen LogP contribution is 2.89. The summed E-state index contributed by atoms with van der Waals surface area (Å²) in [6.45, 7) is 10.1. The van der Waals surface area contributed by atoms with Crippen LogP contribution in [0.1, 0.15) is 91.9 Å². The number of carbonyl (C=O) groups is 1. The van der Waals surface area contributed by atoms with Crippen LogP contribution in [0.25, 0.3) is 0 Å². The van der Waals surface area contributed by atoms with Crippen molar-refractivity contribution in [3.05, 3.63) is 0 Å². The zero-order valence-corrected chi connectivity index (χ0v) is 21.4. The largest absolute Gasteiger partial charge is 0.507 e. The molecule has 33 heavy (non-hydrogen) atoms. The molecule has 0 bridgehead atoms. The minimum Gasteiger partial charge on any atom is -0.438 e. The molecule has 5 saturated carbocycles. The van der Waals surface area contributed by atoms with Crippen molar-refractivity contribution in [3.8, 4) is 0 Å². The van der Waals surface area contributed by atoms with Gasteiger partial charge in [-0.25, -0.2) is 4.79 Å². The molecular weight excluding hydrogens is 416 g/mol. The van der Waals surface area contributed by atoms with Gasteiger partial charge in [0, 0.05) is 0 Å². The van der Waals surface area contributed by atoms with E-state index in [0.717, 1.165) is 43.9 Å². The second kappa shape index (κ2) is 7.85. The van der Waals surface area contributed by atoms with Crippen LogP contribution >= 0.6 is 0 Å². The molecule has 5 aliphatic carbocycles. The fraction of sp³-hybridized carbons (Fsp3) is 0.964. The van der Waals surface area contributed by atoms with Crippen molar-refractivity contribution in [2.24, 2.45) is 51.2 Å². The maximum Gasteiger partial charge on any atom is 0.507 e. The van der Waals surface area contributed by atoms with Crippen LogP contribution in [0, 0.1) is 51.2 Å². The summed E-state index contributed by atoms with van der Waals surface area (Å²) in [5, 5.41) is 22.1. The van der Waals surface area contributed by atoms with Gasteiger partial charge in [-0.2, -0.15) is 0 Å². The summed E-state index contributed by atoms with van der Waals surface area (Å²) >= 11 is 0. The summed E-state index contributed by atoms with van der Waals surface area (Å²) in [5.41, 5.74) is 1.11. The van der Waals surface area contributed by atoms with Crippen molar-refractivity contribution < 1.29 is 24.5 Å². The quantitative estimate of drug-likeness (QED) is 0.413. The molecule has 0 heterocycles. The first kappa shape index (κ1) is 23.9. The number of unbranched alkanes of at least 4 members (excludes halogenated alkanes) is 1. The molecule has 5 heteroatoms. The number of aliphatic hydroxyl groups is 2. The average Bonchev–Trinajstić information content (AvgIpc) is 3.20. The van der Waals surface area contributed by atoms with E-state index in [1.807, 2.05) is 0 Å². The lowest BCUT2D eigenvalue weighted by molar-refractivity contribution is -0.132. The van der Waals surface area contributed by atoms with Gasteiger partial charge in [0.25, 0.3) is 0 Å². The molecule has 0 aromatic carbocycles. The van der Waals surface area contributed by atoms with Crippen molar-refractivity contribution in [2.75, 3.05) is 13.7 Å². The Morgan fingerprint density at radius 1 is 0.970 bits per heavy atom. The molecule has 3 unspecified atom stereocenters. The summed E-state index contributed by atoms with van der Waals surface area (Å²) in [5.74, 6) is 3.10. The maximum absolute atomic E-state index is 11.2. The standard InChI is InChI=1S/C28H46O5/c1-17-27-14-13-26(4)19(8-6-7-15-33-24(31)32-5)21(29)16-20(26)18(27)9-10-22-25(2,3)23(30)11-12-28(17,22)27/h17-23,29-30H,6-16H2,1-5H3/t17-,18-,19-,20?,21+,22?,23-,26+,27-,28?/m0/s1. The van der Waals surface area contributed by atoms with Gasteiger partial charge in [0.05, 0.1) is 25.9 Å². The van der Waals surface area contributed by atoms with Gasteiger partial charge in [-0.05, 0) is 115 Å². The van der Waals surface area contributed by atoms with Gasteiger partial charge in [-0.3, -0.25) is 0 Å². The lowest BCUT2D eigenvalue weighted by Crippen LogP contribution is -2.54. The third kappa shape index (κ3) is 3.00. The van der Waals surface area contributed by atoms with Crippen LogP contribution < -0.4 is 0 Å². The molecule has 5 fully saturated rings. The molecule has 5 aliphatic rings. The highest BCUT2D eigenvalue weighted by Gasteiger charge is 2.84. The maximum atomic E-state index is 11.2. The molecule has 0 aliphatic heterocycles. The number of carbonyl (C=O) groups excluding carboxylic acids is 1. The Morgan fingerprint density at radius 2 is 1.73 bits per heavy atom. The SMILES string of the molecule is COC(=O)OCCCC[C@H]1[C@H](O)CC2[C@@H]3CCC4C(C)(C)[C@@H](O)CCC45[C@@H](C)[C@@]35CC[C@@]21C. The van der Waals surface area contributed by atoms with Crippen molar-refractivity contribution in [1.29, 1.82) is 0 Å². The van der Waals surface area contributed by atoms with E-state index in [0.29, 0.717) is 35.2 Å². The van der Waals surface area contributed by atoms with Gasteiger partial charge in [-0.15, -0.1) is 0 Å². The molecule has 5 nitrogen and oxygen atoms in total. The molecule has 0 aromatic rings. The Hall–Kier alpha value is -0.810. The number of fused-ring (bicyclic) bond motifs is 2. The number of ether oxygens (including phenoxy) is 2. The third-order valence-electron chi connectivity index (χ3n) is 12.5. The minimum absolute atomic E-state index is 0.0196. The van der Waals surface area contributed by atoms with Crippen LogP contribution in [0.3, 0.4) is 0 Å². The van der Waals surface area contributed by atoms with Gasteiger partial charge in [0.1, 0.15) is 0 Å². The van der Waals surface area contributed by atoms with E-state index < -0.39 is 6.16 Å². The van der Waals surface area contributed by atoms with Crippen LogP contribution in [-0.2, 0) is 9.47 Å². The van der Waals surface area contributed by atoms with Gasteiger partial charge in [0.2, 0.25) is 0 Å². The summed E-state index contributed by atoms with van der Waals surface area (Å²) in [7, 11) is 1.34. The predicted octanol–water partition coefficient (Wildman–Crippen LogP) is 5.57. The van der Waals surface area contributed by atoms with Crippen molar-refractivity contribution in [3.63, 3.8) is 0 Å². The summed E-state index contributed by atoms with van der Waals surface area (Å²) in [6.07, 6.45) is 10.0. The Kier molecular flexibility index (Phi) is 5.69. The third-order valence-corrected chi connectivity index (χ3v) is 12.5. The van der Waals surface area contributed by atoms with E-state index >= 15 is 0 Å². The Bertz CT molecular complexity index is 780. The number of hydrogen-bond acceptors (Lipinski definition) is 5. The normalized spacial score (nSPS) is 51.5. The Morgan fingerprint density at radius 3 is 2.45 bits per heavy atom. The van der Waals surface area contributed by atoms with Gasteiger partial charge in [0.15, 0.2) is 0 Å². The smallest absolute Gasteiger partial charge is 0.438 e. The van der Waals surface area contributed by atoms with Gasteiger partial charge in [-0.1, -0.05) is 27.7 Å². The topological polar surface area (TPSA) is 76.0 Å². The fourth-order valence-electron chi connectivity index (χ4n) is 10.9. The summed E-state index contributed by atoms with van der Waals surface area (Å²) < 4.78 is 9.60. The first-order chi connectivity index (χ1) is 15.6. The van der Waals surface area contributed by atoms with Crippen LogP contribution in [0.4, 0.5) is 4.79 Å². The van der Waals surface area contributed by atoms with E-state index in [2.05, 4.69) is 32.4 Å². The fourth-order valence-corrected chi connectivity index (χ4v) is 10.9. The molecule has 0 saturated heterocycles. The molecule has 0 amide bonds. The molecule has 0 radical (unpaired) electrons. The van der Waals surface area contributed by atoms with Crippen LogP contribution in [-0.4, -0.2) is 42.3 Å². The molecule has 188 valence electrons. The van der Waals surface area contributed by atoms with E-state index in [1.165, 1.54) is 39.2 Å². The van der Waals surface area contributed by atoms with E-state index in [4.69, 9.17) is 4.74 Å². The average molecular weight is 463 g/mol. The first-order valence-electron chi connectivity index (χ1n) is 13.6. The molecule has 5 rings (SSSR count). The monoisotopic (exact) mass is 462 g/mol.